The van der Waals surface area contributed by atoms with Gasteiger partial charge >= 0.3 is 0 Å². The Morgan fingerprint density at radius 2 is 1.86 bits per heavy atom. The van der Waals surface area contributed by atoms with Crippen LogP contribution in [0.4, 0.5) is 0 Å². The molecule has 0 aliphatic carbocycles. The third kappa shape index (κ3) is 8.43. The first kappa shape index (κ1) is 32.2. The number of fused-ring (bicyclic) bond motifs is 1. The fraction of sp³-hybridized carbons (Fsp3) is 0.438. The Morgan fingerprint density at radius 3 is 2.58 bits per heavy atom. The zero-order valence-electron chi connectivity index (χ0n) is 24.4. The first-order valence-electron chi connectivity index (χ1n) is 14.6. The van der Waals surface area contributed by atoms with Gasteiger partial charge in [-0.2, -0.15) is 0 Å². The number of aliphatic hydroxyl groups excluding tert-OH is 3. The summed E-state index contributed by atoms with van der Waals surface area (Å²) in [5, 5.41) is 50.5. The zero-order chi connectivity index (χ0) is 31.1. The van der Waals surface area contributed by atoms with Gasteiger partial charge in [-0.05, 0) is 59.6 Å². The van der Waals surface area contributed by atoms with Crippen molar-refractivity contribution in [3.63, 3.8) is 0 Å². The number of ketones is 1. The average molecular weight is 595 g/mol. The second-order valence-electron chi connectivity index (χ2n) is 11.2. The average Bonchev–Trinajstić information content (AvgIpc) is 3.53. The zero-order valence-corrected chi connectivity index (χ0v) is 24.4. The number of aliphatic hydroxyl groups is 3. The highest BCUT2D eigenvalue weighted by Gasteiger charge is 2.26. The number of allylic oxidation sites excluding steroid dienone is 1. The number of aliphatic imine (C=N–C) groups is 1. The van der Waals surface area contributed by atoms with Crippen molar-refractivity contribution in [3.8, 4) is 17.2 Å². The maximum absolute atomic E-state index is 12.4. The van der Waals surface area contributed by atoms with E-state index in [-0.39, 0.29) is 62.1 Å². The Kier molecular flexibility index (Phi) is 10.9. The van der Waals surface area contributed by atoms with Crippen molar-refractivity contribution >= 4 is 12.0 Å². The normalized spacial score (nSPS) is 15.7. The number of benzene rings is 2. The van der Waals surface area contributed by atoms with Crippen LogP contribution in [0.25, 0.3) is 0 Å². The molecule has 4 rings (SSSR count). The Bertz CT molecular complexity index is 1400. The van der Waals surface area contributed by atoms with Crippen LogP contribution in [0.15, 0.2) is 58.4 Å². The molecule has 0 saturated carbocycles. The standard InChI is InChI=1S/C32H42N4O7/c1-2-3-24(38)11-26(40)12-25(39)7-6-19-10-31(30(42)13-29(19)41)43-18-36-15-27-23(14-35-28(27)16-36)9-22-8-20(32(33)34)4-5-21(22)17-37/h4-5,8,10,13-14,16,24,26,32,37-38,40-42H,2-3,6-7,9,11-12,15,17-18,33-34H2,1H3/t24-,26+/m0/s1. The van der Waals surface area contributed by atoms with Gasteiger partial charge < -0.3 is 46.6 Å². The Balaban J connectivity index is 1.35. The minimum absolute atomic E-state index is 0.0692. The van der Waals surface area contributed by atoms with E-state index in [1.165, 1.54) is 12.1 Å². The van der Waals surface area contributed by atoms with Crippen LogP contribution in [-0.2, 0) is 24.2 Å². The highest BCUT2D eigenvalue weighted by molar-refractivity contribution is 5.87. The molecule has 232 valence electrons. The summed E-state index contributed by atoms with van der Waals surface area (Å²) < 4.78 is 5.88. The molecule has 0 amide bonds. The third-order valence-electron chi connectivity index (χ3n) is 7.74. The van der Waals surface area contributed by atoms with E-state index < -0.39 is 18.4 Å². The molecule has 2 atom stereocenters. The quantitative estimate of drug-likeness (QED) is 0.142. The molecule has 2 aromatic carbocycles. The third-order valence-corrected chi connectivity index (χ3v) is 7.74. The number of ether oxygens (including phenoxy) is 1. The van der Waals surface area contributed by atoms with Gasteiger partial charge in [0.1, 0.15) is 11.5 Å². The SMILES string of the molecule is CCC[C@H](O)C[C@@H](O)CC(=O)CCc1cc(OCN2C=C3N=CC(Cc4cc(C(N)N)ccc4CO)=C3C2)c(O)cc1O. The van der Waals surface area contributed by atoms with Crippen LogP contribution in [0.1, 0.15) is 67.4 Å². The highest BCUT2D eigenvalue weighted by Crippen LogP contribution is 2.36. The maximum atomic E-state index is 12.4. The van der Waals surface area contributed by atoms with Crippen LogP contribution in [0.3, 0.4) is 0 Å². The number of Topliss-reactive ketones (excluding diaryl/α,β-unsaturated/α-hetero) is 1. The minimum Gasteiger partial charge on any atom is -0.508 e. The van der Waals surface area contributed by atoms with E-state index in [1.54, 1.807) is 0 Å². The molecule has 0 radical (unpaired) electrons. The second-order valence-corrected chi connectivity index (χ2v) is 11.2. The number of carbonyl (C=O) groups is 1. The van der Waals surface area contributed by atoms with Crippen molar-refractivity contribution in [3.05, 3.63) is 75.6 Å². The first-order valence-corrected chi connectivity index (χ1v) is 14.6. The van der Waals surface area contributed by atoms with E-state index in [0.717, 1.165) is 40.0 Å². The molecule has 0 fully saturated rings. The summed E-state index contributed by atoms with van der Waals surface area (Å²) in [4.78, 5) is 18.8. The molecule has 0 spiro atoms. The van der Waals surface area contributed by atoms with Crippen molar-refractivity contribution in [1.29, 1.82) is 0 Å². The fourth-order valence-corrected chi connectivity index (χ4v) is 5.35. The first-order chi connectivity index (χ1) is 20.6. The van der Waals surface area contributed by atoms with E-state index in [4.69, 9.17) is 16.2 Å². The van der Waals surface area contributed by atoms with Crippen molar-refractivity contribution in [2.75, 3.05) is 13.3 Å². The number of phenolic OH excluding ortho intramolecular Hbond substituents is 2. The Morgan fingerprint density at radius 1 is 1.07 bits per heavy atom. The number of phenols is 2. The van der Waals surface area contributed by atoms with E-state index >= 15 is 0 Å². The predicted octanol–water partition coefficient (Wildman–Crippen LogP) is 2.43. The maximum Gasteiger partial charge on any atom is 0.164 e. The summed E-state index contributed by atoms with van der Waals surface area (Å²) in [6, 6.07) is 8.26. The van der Waals surface area contributed by atoms with Crippen LogP contribution in [-0.4, -0.2) is 67.9 Å². The van der Waals surface area contributed by atoms with Crippen LogP contribution in [0, 0.1) is 0 Å². The van der Waals surface area contributed by atoms with E-state index in [9.17, 15) is 30.3 Å². The number of rotatable bonds is 16. The van der Waals surface area contributed by atoms with Gasteiger partial charge in [-0.1, -0.05) is 31.5 Å². The summed E-state index contributed by atoms with van der Waals surface area (Å²) in [6.07, 6.45) is 3.82. The van der Waals surface area contributed by atoms with Gasteiger partial charge in [-0.15, -0.1) is 0 Å². The number of nitrogens with zero attached hydrogens (tertiary/aromatic N) is 2. The van der Waals surface area contributed by atoms with Crippen LogP contribution in [0.2, 0.25) is 0 Å². The topological polar surface area (TPSA) is 195 Å². The molecule has 2 aliphatic heterocycles. The Hall–Kier alpha value is -3.74. The lowest BCUT2D eigenvalue weighted by Gasteiger charge is -2.18. The van der Waals surface area contributed by atoms with Gasteiger partial charge in [-0.25, -0.2) is 0 Å². The molecule has 2 aromatic rings. The van der Waals surface area contributed by atoms with Crippen molar-refractivity contribution in [2.45, 2.75) is 76.9 Å². The van der Waals surface area contributed by atoms with Crippen LogP contribution >= 0.6 is 0 Å². The van der Waals surface area contributed by atoms with Gasteiger partial charge in [0.05, 0.1) is 30.7 Å². The molecule has 43 heavy (non-hydrogen) atoms. The second kappa shape index (κ2) is 14.6. The van der Waals surface area contributed by atoms with Gasteiger partial charge in [0.2, 0.25) is 0 Å². The molecule has 0 bridgehead atoms. The minimum atomic E-state index is -0.915. The van der Waals surface area contributed by atoms with Gasteiger partial charge in [0.25, 0.3) is 0 Å². The number of carbonyl (C=O) groups excluding carboxylic acids is 1. The molecule has 0 unspecified atom stereocenters. The summed E-state index contributed by atoms with van der Waals surface area (Å²) in [6.45, 7) is 2.48. The largest absolute Gasteiger partial charge is 0.508 e. The Labute approximate surface area is 251 Å². The molecule has 11 heteroatoms. The molecule has 9 N–H and O–H groups in total. The summed E-state index contributed by atoms with van der Waals surface area (Å²) in [5.74, 6) is -0.402. The number of nitrogens with two attached hydrogens (primary N) is 2. The van der Waals surface area contributed by atoms with E-state index in [0.29, 0.717) is 24.9 Å². The molecule has 0 saturated heterocycles. The smallest absolute Gasteiger partial charge is 0.164 e. The predicted molar refractivity (Wildman–Crippen MR) is 162 cm³/mol. The van der Waals surface area contributed by atoms with E-state index in [1.807, 2.05) is 42.4 Å². The lowest BCUT2D eigenvalue weighted by Crippen LogP contribution is -2.22. The van der Waals surface area contributed by atoms with Crippen LogP contribution in [0.5, 0.6) is 17.2 Å². The van der Waals surface area contributed by atoms with Crippen molar-refractivity contribution in [1.82, 2.24) is 4.90 Å². The molecule has 2 aliphatic rings. The van der Waals surface area contributed by atoms with E-state index in [2.05, 4.69) is 4.99 Å². The lowest BCUT2D eigenvalue weighted by atomic mass is 9.95. The molecular weight excluding hydrogens is 552 g/mol. The lowest BCUT2D eigenvalue weighted by molar-refractivity contribution is -0.121. The van der Waals surface area contributed by atoms with Crippen molar-refractivity contribution < 1.29 is 35.1 Å². The van der Waals surface area contributed by atoms with Gasteiger partial charge in [-0.3, -0.25) is 9.79 Å². The molecule has 11 nitrogen and oxygen atoms in total. The van der Waals surface area contributed by atoms with Gasteiger partial charge in [0, 0.05) is 43.4 Å². The van der Waals surface area contributed by atoms with Crippen LogP contribution < -0.4 is 16.2 Å². The molecular formula is C32H42N4O7. The number of aromatic hydroxyl groups is 2. The summed E-state index contributed by atoms with van der Waals surface area (Å²) in [7, 11) is 0. The summed E-state index contributed by atoms with van der Waals surface area (Å²) in [5.41, 5.74) is 17.5. The number of aryl methyl sites for hydroxylation is 1. The highest BCUT2D eigenvalue weighted by atomic mass is 16.5. The van der Waals surface area contributed by atoms with Gasteiger partial charge in [0.15, 0.2) is 18.2 Å². The monoisotopic (exact) mass is 594 g/mol. The van der Waals surface area contributed by atoms with Crippen molar-refractivity contribution in [2.24, 2.45) is 16.5 Å². The number of hydrogen-bond acceptors (Lipinski definition) is 11. The fourth-order valence-electron chi connectivity index (χ4n) is 5.35. The number of hydrogen-bond donors (Lipinski definition) is 7. The molecule has 0 aromatic heterocycles. The summed E-state index contributed by atoms with van der Waals surface area (Å²) >= 11 is 0. The molecule has 2 heterocycles.